The fourth-order valence-corrected chi connectivity index (χ4v) is 2.04. The quantitative estimate of drug-likeness (QED) is 0.473. The van der Waals surface area contributed by atoms with Gasteiger partial charge in [-0.2, -0.15) is 0 Å². The zero-order valence-corrected chi connectivity index (χ0v) is 5.94. The number of fused-ring (bicyclic) bond motifs is 1. The summed E-state index contributed by atoms with van der Waals surface area (Å²) in [5, 5.41) is 1.48. The van der Waals surface area contributed by atoms with Gasteiger partial charge in [0.1, 0.15) is 0 Å². The van der Waals surface area contributed by atoms with Gasteiger partial charge in [0, 0.05) is 5.30 Å². The molecule has 44 valence electrons. The smallest absolute Gasteiger partial charge is 0.00501 e. The Labute approximate surface area is 56.3 Å². The van der Waals surface area contributed by atoms with Crippen LogP contribution in [-0.4, -0.2) is 5.80 Å². The van der Waals surface area contributed by atoms with E-state index in [0.717, 1.165) is 6.42 Å². The van der Waals surface area contributed by atoms with E-state index in [2.05, 4.69) is 30.1 Å². The SMILES string of the molecule is C1=Pc2ccccc2C1. The highest BCUT2D eigenvalue weighted by Crippen LogP contribution is 2.11. The number of hydrogen-bond donors (Lipinski definition) is 0. The van der Waals surface area contributed by atoms with E-state index in [9.17, 15) is 0 Å². The Morgan fingerprint density at radius 3 is 3.00 bits per heavy atom. The maximum Gasteiger partial charge on any atom is 0.00501 e. The van der Waals surface area contributed by atoms with Gasteiger partial charge in [-0.15, -0.1) is 0 Å². The van der Waals surface area contributed by atoms with Gasteiger partial charge < -0.3 is 0 Å². The number of hydrogen-bond acceptors (Lipinski definition) is 0. The lowest BCUT2D eigenvalue weighted by atomic mass is 10.2. The minimum Gasteiger partial charge on any atom is -0.0722 e. The normalized spacial score (nSPS) is 15.6. The standard InChI is InChI=1S/C8H7P/c1-2-4-8-7(3-1)5-6-9-8/h1-4,6H,5H2. The van der Waals surface area contributed by atoms with Crippen molar-refractivity contribution in [3.05, 3.63) is 29.8 Å². The van der Waals surface area contributed by atoms with Crippen LogP contribution in [-0.2, 0) is 6.42 Å². The molecule has 1 heterocycles. The molecule has 0 bridgehead atoms. The molecule has 0 spiro atoms. The molecule has 1 aromatic carbocycles. The lowest BCUT2D eigenvalue weighted by molar-refractivity contribution is 1.43. The first-order valence-corrected chi connectivity index (χ1v) is 4.03. The molecule has 0 aromatic heterocycles. The predicted molar refractivity (Wildman–Crippen MR) is 42.8 cm³/mol. The van der Waals surface area contributed by atoms with E-state index < -0.39 is 0 Å². The van der Waals surface area contributed by atoms with Crippen LogP contribution in [0.4, 0.5) is 0 Å². The molecule has 0 N–H and O–H groups in total. The minimum absolute atomic E-state index is 1.16. The van der Waals surface area contributed by atoms with Crippen molar-refractivity contribution >= 4 is 19.3 Å². The van der Waals surface area contributed by atoms with E-state index in [1.807, 2.05) is 0 Å². The van der Waals surface area contributed by atoms with Gasteiger partial charge in [0.2, 0.25) is 0 Å². The molecule has 0 aliphatic carbocycles. The van der Waals surface area contributed by atoms with E-state index in [1.165, 1.54) is 19.1 Å². The molecule has 0 saturated heterocycles. The molecule has 0 radical (unpaired) electrons. The molecule has 0 unspecified atom stereocenters. The van der Waals surface area contributed by atoms with Crippen LogP contribution in [0.2, 0.25) is 0 Å². The van der Waals surface area contributed by atoms with Crippen molar-refractivity contribution in [1.82, 2.24) is 0 Å². The first kappa shape index (κ1) is 5.20. The first-order valence-electron chi connectivity index (χ1n) is 3.07. The van der Waals surface area contributed by atoms with Crippen molar-refractivity contribution in [2.75, 3.05) is 0 Å². The van der Waals surface area contributed by atoms with Crippen LogP contribution in [0.1, 0.15) is 5.56 Å². The van der Waals surface area contributed by atoms with Crippen LogP contribution >= 0.6 is 8.20 Å². The molecular formula is C8H7P. The number of rotatable bonds is 0. The fourth-order valence-electron chi connectivity index (χ4n) is 1.05. The summed E-state index contributed by atoms with van der Waals surface area (Å²) in [5.41, 5.74) is 1.50. The van der Waals surface area contributed by atoms with Gasteiger partial charge in [-0.1, -0.05) is 38.3 Å². The molecule has 1 aliphatic heterocycles. The Morgan fingerprint density at radius 2 is 2.11 bits per heavy atom. The molecule has 1 aromatic rings. The maximum absolute atomic E-state index is 2.30. The molecule has 0 fully saturated rings. The fraction of sp³-hybridized carbons (Fsp3) is 0.125. The average molecular weight is 134 g/mol. The molecule has 0 nitrogen and oxygen atoms in total. The lowest BCUT2D eigenvalue weighted by Gasteiger charge is -1.92. The van der Waals surface area contributed by atoms with E-state index in [-0.39, 0.29) is 0 Å². The van der Waals surface area contributed by atoms with Gasteiger partial charge in [0.25, 0.3) is 0 Å². The van der Waals surface area contributed by atoms with Crippen LogP contribution in [0.5, 0.6) is 0 Å². The van der Waals surface area contributed by atoms with Crippen molar-refractivity contribution in [1.29, 1.82) is 0 Å². The Morgan fingerprint density at radius 1 is 1.22 bits per heavy atom. The van der Waals surface area contributed by atoms with Gasteiger partial charge >= 0.3 is 0 Å². The third-order valence-corrected chi connectivity index (χ3v) is 2.61. The number of benzene rings is 1. The summed E-state index contributed by atoms with van der Waals surface area (Å²) in [5.74, 6) is 2.30. The topological polar surface area (TPSA) is 0 Å². The van der Waals surface area contributed by atoms with Crippen molar-refractivity contribution in [2.24, 2.45) is 0 Å². The maximum atomic E-state index is 2.30. The lowest BCUT2D eigenvalue weighted by Crippen LogP contribution is -1.94. The van der Waals surface area contributed by atoms with Crippen LogP contribution in [0.15, 0.2) is 24.3 Å². The monoisotopic (exact) mass is 134 g/mol. The van der Waals surface area contributed by atoms with Gasteiger partial charge in [0.15, 0.2) is 0 Å². The molecule has 0 amide bonds. The third kappa shape index (κ3) is 0.799. The van der Waals surface area contributed by atoms with Crippen LogP contribution in [0.25, 0.3) is 0 Å². The molecule has 9 heavy (non-hydrogen) atoms. The van der Waals surface area contributed by atoms with E-state index in [0.29, 0.717) is 0 Å². The molecule has 0 atom stereocenters. The van der Waals surface area contributed by atoms with Crippen LogP contribution in [0, 0.1) is 0 Å². The van der Waals surface area contributed by atoms with Gasteiger partial charge in [-0.25, -0.2) is 0 Å². The highest BCUT2D eigenvalue weighted by atomic mass is 31.1. The van der Waals surface area contributed by atoms with Gasteiger partial charge in [-0.05, 0) is 12.0 Å². The van der Waals surface area contributed by atoms with E-state index >= 15 is 0 Å². The second kappa shape index (κ2) is 1.97. The average Bonchev–Trinajstić information content (AvgIpc) is 2.33. The highest BCUT2D eigenvalue weighted by molar-refractivity contribution is 7.48. The third-order valence-electron chi connectivity index (χ3n) is 1.53. The Bertz CT molecular complexity index is 250. The van der Waals surface area contributed by atoms with Crippen molar-refractivity contribution in [3.8, 4) is 0 Å². The summed E-state index contributed by atoms with van der Waals surface area (Å²) in [7, 11) is 1.40. The van der Waals surface area contributed by atoms with Crippen molar-refractivity contribution in [2.45, 2.75) is 6.42 Å². The zero-order chi connectivity index (χ0) is 6.10. The Balaban J connectivity index is 2.63. The Kier molecular flexibility index (Phi) is 1.13. The summed E-state index contributed by atoms with van der Waals surface area (Å²) < 4.78 is 0. The second-order valence-electron chi connectivity index (χ2n) is 2.14. The summed E-state index contributed by atoms with van der Waals surface area (Å²) in [6.45, 7) is 0. The van der Waals surface area contributed by atoms with E-state index in [1.54, 1.807) is 0 Å². The summed E-state index contributed by atoms with van der Waals surface area (Å²) in [6.07, 6.45) is 1.16. The van der Waals surface area contributed by atoms with Crippen molar-refractivity contribution in [3.63, 3.8) is 0 Å². The summed E-state index contributed by atoms with van der Waals surface area (Å²) >= 11 is 0. The van der Waals surface area contributed by atoms with Crippen molar-refractivity contribution < 1.29 is 0 Å². The van der Waals surface area contributed by atoms with Gasteiger partial charge in [-0.3, -0.25) is 0 Å². The molecular weight excluding hydrogens is 127 g/mol. The highest BCUT2D eigenvalue weighted by Gasteiger charge is 2.01. The molecule has 2 rings (SSSR count). The summed E-state index contributed by atoms with van der Waals surface area (Å²) in [6, 6.07) is 8.60. The van der Waals surface area contributed by atoms with Crippen LogP contribution < -0.4 is 5.30 Å². The zero-order valence-electron chi connectivity index (χ0n) is 5.04. The first-order chi connectivity index (χ1) is 4.47. The predicted octanol–water partition coefficient (Wildman–Crippen LogP) is 1.62. The largest absolute Gasteiger partial charge is 0.0722 e. The summed E-state index contributed by atoms with van der Waals surface area (Å²) in [4.78, 5) is 0. The second-order valence-corrected chi connectivity index (χ2v) is 3.25. The van der Waals surface area contributed by atoms with Gasteiger partial charge in [0.05, 0.1) is 0 Å². The van der Waals surface area contributed by atoms with E-state index in [4.69, 9.17) is 0 Å². The molecule has 1 aliphatic rings. The molecule has 0 saturated carbocycles. The molecule has 1 heteroatoms. The van der Waals surface area contributed by atoms with Crippen LogP contribution in [0.3, 0.4) is 0 Å². The minimum atomic E-state index is 1.16. The Hall–Kier alpha value is -0.610.